The Kier molecular flexibility index (Phi) is 3.66. The van der Waals surface area contributed by atoms with Crippen LogP contribution in [0.5, 0.6) is 5.75 Å². The maximum Gasteiger partial charge on any atom is 0.223 e. The summed E-state index contributed by atoms with van der Waals surface area (Å²) in [4.78, 5) is 14.4. The highest BCUT2D eigenvalue weighted by Crippen LogP contribution is 2.36. The van der Waals surface area contributed by atoms with E-state index in [1.54, 1.807) is 12.1 Å². The normalized spacial score (nSPS) is 28.6. The molecule has 3 rings (SSSR count). The van der Waals surface area contributed by atoms with E-state index in [0.717, 1.165) is 31.2 Å². The Morgan fingerprint density at radius 2 is 1.85 bits per heavy atom. The van der Waals surface area contributed by atoms with Gasteiger partial charge < -0.3 is 15.1 Å². The van der Waals surface area contributed by atoms with Crippen molar-refractivity contribution in [2.45, 2.75) is 56.7 Å². The summed E-state index contributed by atoms with van der Waals surface area (Å²) in [6.45, 7) is 0. The number of carbonyl (C=O) groups excluding carboxylic acids is 1. The molecule has 108 valence electrons. The Morgan fingerprint density at radius 1 is 1.20 bits per heavy atom. The molecule has 4 heteroatoms. The molecule has 1 amide bonds. The van der Waals surface area contributed by atoms with Crippen LogP contribution in [0.15, 0.2) is 24.3 Å². The van der Waals surface area contributed by atoms with Crippen LogP contribution in [0.1, 0.15) is 37.7 Å². The molecular formula is C16H21NO3. The SMILES string of the molecule is O=C(CCc1ccccc1O)N1C2CCC1CC(O)C2. The van der Waals surface area contributed by atoms with Gasteiger partial charge in [0.2, 0.25) is 5.91 Å². The number of benzene rings is 1. The van der Waals surface area contributed by atoms with Crippen LogP contribution < -0.4 is 0 Å². The number of piperidine rings is 1. The summed E-state index contributed by atoms with van der Waals surface area (Å²) in [6.07, 6.45) is 4.24. The van der Waals surface area contributed by atoms with Gasteiger partial charge in [0, 0.05) is 18.5 Å². The number of amides is 1. The molecule has 20 heavy (non-hydrogen) atoms. The number of aliphatic hydroxyl groups is 1. The molecule has 0 aliphatic carbocycles. The zero-order chi connectivity index (χ0) is 14.1. The molecule has 2 heterocycles. The van der Waals surface area contributed by atoms with Crippen LogP contribution in [0.3, 0.4) is 0 Å². The summed E-state index contributed by atoms with van der Waals surface area (Å²) in [5.74, 6) is 0.421. The molecule has 0 aromatic heterocycles. The van der Waals surface area contributed by atoms with Crippen LogP contribution in [0.2, 0.25) is 0 Å². The minimum absolute atomic E-state index is 0.160. The van der Waals surface area contributed by atoms with E-state index in [1.165, 1.54) is 0 Å². The standard InChI is InChI=1S/C16H21NO3/c18-14-9-12-6-7-13(10-14)17(12)16(20)8-5-11-3-1-2-4-15(11)19/h1-4,12-14,18-19H,5-10H2. The molecule has 2 bridgehead atoms. The van der Waals surface area contributed by atoms with Gasteiger partial charge in [0.25, 0.3) is 0 Å². The number of para-hydroxylation sites is 1. The monoisotopic (exact) mass is 275 g/mol. The van der Waals surface area contributed by atoms with E-state index in [4.69, 9.17) is 0 Å². The molecule has 2 unspecified atom stereocenters. The molecule has 0 radical (unpaired) electrons. The zero-order valence-corrected chi connectivity index (χ0v) is 11.5. The summed E-state index contributed by atoms with van der Waals surface area (Å²) < 4.78 is 0. The van der Waals surface area contributed by atoms with E-state index in [1.807, 2.05) is 17.0 Å². The first-order valence-electron chi connectivity index (χ1n) is 7.41. The molecule has 2 saturated heterocycles. The van der Waals surface area contributed by atoms with E-state index in [2.05, 4.69) is 0 Å². The van der Waals surface area contributed by atoms with Crippen molar-refractivity contribution in [2.75, 3.05) is 0 Å². The largest absolute Gasteiger partial charge is 0.508 e. The van der Waals surface area contributed by atoms with Crippen LogP contribution in [0, 0.1) is 0 Å². The molecule has 2 atom stereocenters. The number of aryl methyl sites for hydroxylation is 1. The minimum atomic E-state index is -0.241. The lowest BCUT2D eigenvalue weighted by molar-refractivity contribution is -0.137. The number of phenolic OH excluding ortho intramolecular Hbond substituents is 1. The van der Waals surface area contributed by atoms with Crippen LogP contribution in [-0.4, -0.2) is 39.2 Å². The summed E-state index contributed by atoms with van der Waals surface area (Å²) in [5, 5.41) is 19.5. The molecule has 4 nitrogen and oxygen atoms in total. The second-order valence-electron chi connectivity index (χ2n) is 5.94. The third kappa shape index (κ3) is 2.52. The van der Waals surface area contributed by atoms with Crippen molar-refractivity contribution in [1.82, 2.24) is 4.90 Å². The smallest absolute Gasteiger partial charge is 0.223 e. The summed E-state index contributed by atoms with van der Waals surface area (Å²) in [7, 11) is 0. The Morgan fingerprint density at radius 3 is 2.50 bits per heavy atom. The summed E-state index contributed by atoms with van der Waals surface area (Å²) in [5.41, 5.74) is 0.824. The van der Waals surface area contributed by atoms with Crippen LogP contribution in [-0.2, 0) is 11.2 Å². The second kappa shape index (κ2) is 5.44. The quantitative estimate of drug-likeness (QED) is 0.885. The molecular weight excluding hydrogens is 254 g/mol. The Labute approximate surface area is 119 Å². The number of nitrogens with zero attached hydrogens (tertiary/aromatic N) is 1. The number of rotatable bonds is 3. The highest BCUT2D eigenvalue weighted by molar-refractivity contribution is 5.77. The fourth-order valence-corrected chi connectivity index (χ4v) is 3.65. The van der Waals surface area contributed by atoms with Crippen molar-refractivity contribution in [3.63, 3.8) is 0 Å². The topological polar surface area (TPSA) is 60.8 Å². The van der Waals surface area contributed by atoms with Crippen molar-refractivity contribution in [1.29, 1.82) is 0 Å². The van der Waals surface area contributed by atoms with E-state index < -0.39 is 0 Å². The Balaban J connectivity index is 1.62. The number of fused-ring (bicyclic) bond motifs is 2. The molecule has 0 spiro atoms. The number of phenols is 1. The third-order valence-electron chi connectivity index (χ3n) is 4.60. The number of hydrogen-bond donors (Lipinski definition) is 2. The number of carbonyl (C=O) groups is 1. The fraction of sp³-hybridized carbons (Fsp3) is 0.562. The van der Waals surface area contributed by atoms with Crippen LogP contribution in [0.25, 0.3) is 0 Å². The van der Waals surface area contributed by atoms with E-state index in [-0.39, 0.29) is 29.8 Å². The average molecular weight is 275 g/mol. The van der Waals surface area contributed by atoms with Crippen LogP contribution in [0.4, 0.5) is 0 Å². The van der Waals surface area contributed by atoms with Gasteiger partial charge >= 0.3 is 0 Å². The molecule has 0 saturated carbocycles. The molecule has 2 aliphatic heterocycles. The van der Waals surface area contributed by atoms with Crippen molar-refractivity contribution in [3.05, 3.63) is 29.8 Å². The van der Waals surface area contributed by atoms with Gasteiger partial charge in [0.1, 0.15) is 5.75 Å². The lowest BCUT2D eigenvalue weighted by Gasteiger charge is -2.37. The van der Waals surface area contributed by atoms with Crippen molar-refractivity contribution >= 4 is 5.91 Å². The lowest BCUT2D eigenvalue weighted by atomic mass is 9.98. The third-order valence-corrected chi connectivity index (χ3v) is 4.60. The highest BCUT2D eigenvalue weighted by atomic mass is 16.3. The predicted octanol–water partition coefficient (Wildman–Crippen LogP) is 1.84. The van der Waals surface area contributed by atoms with E-state index in [9.17, 15) is 15.0 Å². The first kappa shape index (κ1) is 13.4. The van der Waals surface area contributed by atoms with Gasteiger partial charge in [-0.1, -0.05) is 18.2 Å². The van der Waals surface area contributed by atoms with Gasteiger partial charge in [-0.05, 0) is 43.7 Å². The van der Waals surface area contributed by atoms with Crippen molar-refractivity contribution in [2.24, 2.45) is 0 Å². The number of aliphatic hydroxyl groups excluding tert-OH is 1. The van der Waals surface area contributed by atoms with E-state index in [0.29, 0.717) is 12.8 Å². The second-order valence-corrected chi connectivity index (χ2v) is 5.94. The van der Waals surface area contributed by atoms with Crippen LogP contribution >= 0.6 is 0 Å². The fourth-order valence-electron chi connectivity index (χ4n) is 3.65. The predicted molar refractivity (Wildman–Crippen MR) is 75.3 cm³/mol. The number of aromatic hydroxyl groups is 1. The van der Waals surface area contributed by atoms with Gasteiger partial charge in [-0.15, -0.1) is 0 Å². The molecule has 2 fully saturated rings. The Bertz CT molecular complexity index is 488. The molecule has 2 aliphatic rings. The lowest BCUT2D eigenvalue weighted by Crippen LogP contribution is -2.48. The van der Waals surface area contributed by atoms with Gasteiger partial charge in [-0.25, -0.2) is 0 Å². The van der Waals surface area contributed by atoms with Crippen molar-refractivity contribution in [3.8, 4) is 5.75 Å². The first-order chi connectivity index (χ1) is 9.65. The summed E-state index contributed by atoms with van der Waals surface area (Å²) in [6, 6.07) is 7.62. The highest BCUT2D eigenvalue weighted by Gasteiger charge is 2.42. The van der Waals surface area contributed by atoms with Gasteiger partial charge in [-0.3, -0.25) is 4.79 Å². The van der Waals surface area contributed by atoms with E-state index >= 15 is 0 Å². The summed E-state index contributed by atoms with van der Waals surface area (Å²) >= 11 is 0. The maximum atomic E-state index is 12.4. The van der Waals surface area contributed by atoms with Gasteiger partial charge in [-0.2, -0.15) is 0 Å². The zero-order valence-electron chi connectivity index (χ0n) is 11.5. The Hall–Kier alpha value is -1.55. The van der Waals surface area contributed by atoms with Gasteiger partial charge in [0.05, 0.1) is 6.10 Å². The van der Waals surface area contributed by atoms with Crippen molar-refractivity contribution < 1.29 is 15.0 Å². The molecule has 1 aromatic rings. The number of hydrogen-bond acceptors (Lipinski definition) is 3. The average Bonchev–Trinajstić information content (AvgIpc) is 2.70. The molecule has 1 aromatic carbocycles. The maximum absolute atomic E-state index is 12.4. The van der Waals surface area contributed by atoms with Gasteiger partial charge in [0.15, 0.2) is 0 Å². The first-order valence-corrected chi connectivity index (χ1v) is 7.41. The minimum Gasteiger partial charge on any atom is -0.508 e. The molecule has 2 N–H and O–H groups in total.